The van der Waals surface area contributed by atoms with E-state index in [1.807, 2.05) is 0 Å². The Labute approximate surface area is 116 Å². The second-order valence-electron chi connectivity index (χ2n) is 5.06. The first-order chi connectivity index (χ1) is 9.16. The first-order valence-electron chi connectivity index (χ1n) is 6.72. The van der Waals surface area contributed by atoms with Crippen LogP contribution in [0, 0.1) is 6.92 Å². The summed E-state index contributed by atoms with van der Waals surface area (Å²) in [6.07, 6.45) is 1.05. The van der Waals surface area contributed by atoms with Gasteiger partial charge in [0.05, 0.1) is 0 Å². The van der Waals surface area contributed by atoms with Gasteiger partial charge in [-0.15, -0.1) is 0 Å². The van der Waals surface area contributed by atoms with Crippen LogP contribution >= 0.6 is 0 Å². The molecule has 0 saturated carbocycles. The average molecular weight is 254 g/mol. The van der Waals surface area contributed by atoms with Gasteiger partial charge >= 0.3 is 0 Å². The van der Waals surface area contributed by atoms with E-state index in [0.717, 1.165) is 13.0 Å². The van der Waals surface area contributed by atoms with Gasteiger partial charge in [-0.2, -0.15) is 0 Å². The van der Waals surface area contributed by atoms with Gasteiger partial charge in [0.2, 0.25) is 0 Å². The predicted octanol–water partition coefficient (Wildman–Crippen LogP) is 3.72. The van der Waals surface area contributed by atoms with Crippen molar-refractivity contribution in [3.8, 4) is 0 Å². The summed E-state index contributed by atoms with van der Waals surface area (Å²) in [5.41, 5.74) is 5.13. The van der Waals surface area contributed by atoms with Gasteiger partial charge in [0.15, 0.2) is 0 Å². The SMILES string of the molecule is Cc1ccc(NCCc2ccccc2)cc1N(C)C. The summed E-state index contributed by atoms with van der Waals surface area (Å²) in [6, 6.07) is 17.1. The zero-order valence-corrected chi connectivity index (χ0v) is 12.0. The summed E-state index contributed by atoms with van der Waals surface area (Å²) in [5.74, 6) is 0. The molecule has 0 radical (unpaired) electrons. The highest BCUT2D eigenvalue weighted by atomic mass is 15.1. The van der Waals surface area contributed by atoms with Crippen molar-refractivity contribution in [3.05, 3.63) is 59.7 Å². The van der Waals surface area contributed by atoms with Crippen LogP contribution in [0.4, 0.5) is 11.4 Å². The fourth-order valence-electron chi connectivity index (χ4n) is 2.20. The Morgan fingerprint density at radius 1 is 1.00 bits per heavy atom. The van der Waals surface area contributed by atoms with E-state index in [2.05, 4.69) is 79.8 Å². The molecule has 0 amide bonds. The molecule has 0 aliphatic rings. The minimum absolute atomic E-state index is 0.958. The van der Waals surface area contributed by atoms with Crippen LogP contribution < -0.4 is 10.2 Å². The number of hydrogen-bond donors (Lipinski definition) is 1. The fourth-order valence-corrected chi connectivity index (χ4v) is 2.20. The first-order valence-corrected chi connectivity index (χ1v) is 6.72. The molecular weight excluding hydrogens is 232 g/mol. The molecule has 0 unspecified atom stereocenters. The van der Waals surface area contributed by atoms with Crippen LogP contribution in [-0.2, 0) is 6.42 Å². The summed E-state index contributed by atoms with van der Waals surface area (Å²) < 4.78 is 0. The van der Waals surface area contributed by atoms with E-state index < -0.39 is 0 Å². The summed E-state index contributed by atoms with van der Waals surface area (Å²) in [4.78, 5) is 2.15. The molecule has 1 N–H and O–H groups in total. The third-order valence-electron chi connectivity index (χ3n) is 3.28. The normalized spacial score (nSPS) is 10.3. The molecule has 0 aliphatic carbocycles. The monoisotopic (exact) mass is 254 g/mol. The van der Waals surface area contributed by atoms with Gasteiger partial charge in [0, 0.05) is 32.0 Å². The number of hydrogen-bond acceptors (Lipinski definition) is 2. The van der Waals surface area contributed by atoms with Gasteiger partial charge < -0.3 is 10.2 Å². The van der Waals surface area contributed by atoms with Gasteiger partial charge in [-0.3, -0.25) is 0 Å². The number of nitrogens with one attached hydrogen (secondary N) is 1. The Hall–Kier alpha value is -1.96. The molecule has 19 heavy (non-hydrogen) atoms. The molecule has 0 fully saturated rings. The van der Waals surface area contributed by atoms with Crippen LogP contribution in [0.25, 0.3) is 0 Å². The Bertz CT molecular complexity index is 518. The van der Waals surface area contributed by atoms with E-state index in [1.165, 1.54) is 22.5 Å². The molecule has 0 aliphatic heterocycles. The number of rotatable bonds is 5. The predicted molar refractivity (Wildman–Crippen MR) is 84.1 cm³/mol. The maximum atomic E-state index is 3.49. The van der Waals surface area contributed by atoms with Crippen LogP contribution in [0.2, 0.25) is 0 Å². The van der Waals surface area contributed by atoms with Crippen molar-refractivity contribution in [3.63, 3.8) is 0 Å². The topological polar surface area (TPSA) is 15.3 Å². The van der Waals surface area contributed by atoms with Crippen molar-refractivity contribution < 1.29 is 0 Å². The van der Waals surface area contributed by atoms with Gasteiger partial charge in [-0.05, 0) is 36.6 Å². The standard InChI is InChI=1S/C17H22N2/c1-14-9-10-16(13-17(14)19(2)3)18-12-11-15-7-5-4-6-8-15/h4-10,13,18H,11-12H2,1-3H3. The van der Waals surface area contributed by atoms with Crippen LogP contribution in [-0.4, -0.2) is 20.6 Å². The Morgan fingerprint density at radius 3 is 2.42 bits per heavy atom. The van der Waals surface area contributed by atoms with Crippen molar-refractivity contribution in [2.24, 2.45) is 0 Å². The summed E-state index contributed by atoms with van der Waals surface area (Å²) in [7, 11) is 4.16. The zero-order chi connectivity index (χ0) is 13.7. The van der Waals surface area contributed by atoms with E-state index in [1.54, 1.807) is 0 Å². The quantitative estimate of drug-likeness (QED) is 0.875. The molecule has 2 rings (SSSR count). The van der Waals surface area contributed by atoms with Crippen LogP contribution in [0.15, 0.2) is 48.5 Å². The van der Waals surface area contributed by atoms with Crippen molar-refractivity contribution in [1.29, 1.82) is 0 Å². The van der Waals surface area contributed by atoms with E-state index in [4.69, 9.17) is 0 Å². The molecule has 2 aromatic rings. The van der Waals surface area contributed by atoms with E-state index in [9.17, 15) is 0 Å². The maximum Gasteiger partial charge on any atom is 0.0411 e. The lowest BCUT2D eigenvalue weighted by molar-refractivity contribution is 1.02. The van der Waals surface area contributed by atoms with Crippen molar-refractivity contribution in [2.75, 3.05) is 30.9 Å². The molecule has 0 spiro atoms. The van der Waals surface area contributed by atoms with E-state index in [-0.39, 0.29) is 0 Å². The molecule has 0 atom stereocenters. The molecular formula is C17H22N2. The minimum Gasteiger partial charge on any atom is -0.385 e. The van der Waals surface area contributed by atoms with Gasteiger partial charge in [-0.25, -0.2) is 0 Å². The highest BCUT2D eigenvalue weighted by Crippen LogP contribution is 2.22. The highest BCUT2D eigenvalue weighted by molar-refractivity contribution is 5.61. The molecule has 0 saturated heterocycles. The minimum atomic E-state index is 0.958. The first kappa shape index (κ1) is 13.5. The summed E-state index contributed by atoms with van der Waals surface area (Å²) >= 11 is 0. The van der Waals surface area contributed by atoms with Crippen LogP contribution in [0.5, 0.6) is 0 Å². The number of nitrogens with zero attached hydrogens (tertiary/aromatic N) is 1. The molecule has 2 heteroatoms. The van der Waals surface area contributed by atoms with E-state index >= 15 is 0 Å². The van der Waals surface area contributed by atoms with E-state index in [0.29, 0.717) is 0 Å². The lowest BCUT2D eigenvalue weighted by Crippen LogP contribution is -2.11. The largest absolute Gasteiger partial charge is 0.385 e. The lowest BCUT2D eigenvalue weighted by Gasteiger charge is -2.17. The van der Waals surface area contributed by atoms with Gasteiger partial charge in [0.25, 0.3) is 0 Å². The summed E-state index contributed by atoms with van der Waals surface area (Å²) in [6.45, 7) is 3.10. The molecule has 0 heterocycles. The number of benzene rings is 2. The lowest BCUT2D eigenvalue weighted by atomic mass is 10.1. The number of aryl methyl sites for hydroxylation is 1. The average Bonchev–Trinajstić information content (AvgIpc) is 2.41. The Balaban J connectivity index is 1.95. The molecule has 0 bridgehead atoms. The molecule has 2 aromatic carbocycles. The number of anilines is 2. The molecule has 2 nitrogen and oxygen atoms in total. The van der Waals surface area contributed by atoms with Gasteiger partial charge in [0.1, 0.15) is 0 Å². The fraction of sp³-hybridized carbons (Fsp3) is 0.294. The van der Waals surface area contributed by atoms with Crippen LogP contribution in [0.1, 0.15) is 11.1 Å². The second kappa shape index (κ2) is 6.28. The van der Waals surface area contributed by atoms with Crippen molar-refractivity contribution >= 4 is 11.4 Å². The highest BCUT2D eigenvalue weighted by Gasteiger charge is 2.02. The van der Waals surface area contributed by atoms with Gasteiger partial charge in [-0.1, -0.05) is 36.4 Å². The van der Waals surface area contributed by atoms with Crippen LogP contribution in [0.3, 0.4) is 0 Å². The summed E-state index contributed by atoms with van der Waals surface area (Å²) in [5, 5.41) is 3.49. The molecule has 100 valence electrons. The second-order valence-corrected chi connectivity index (χ2v) is 5.06. The third kappa shape index (κ3) is 3.75. The smallest absolute Gasteiger partial charge is 0.0411 e. The third-order valence-corrected chi connectivity index (χ3v) is 3.28. The molecule has 0 aromatic heterocycles. The Morgan fingerprint density at radius 2 is 1.74 bits per heavy atom. The van der Waals surface area contributed by atoms with Crippen molar-refractivity contribution in [1.82, 2.24) is 0 Å². The zero-order valence-electron chi connectivity index (χ0n) is 12.0. The maximum absolute atomic E-state index is 3.49. The Kier molecular flexibility index (Phi) is 4.45. The van der Waals surface area contributed by atoms with Crippen molar-refractivity contribution in [2.45, 2.75) is 13.3 Å².